The third-order valence-electron chi connectivity index (χ3n) is 4.34. The first-order valence-electron chi connectivity index (χ1n) is 7.18. The van der Waals surface area contributed by atoms with Crippen LogP contribution in [0.25, 0.3) is 0 Å². The quantitative estimate of drug-likeness (QED) is 0.903. The molecule has 0 aliphatic heterocycles. The van der Waals surface area contributed by atoms with E-state index in [1.165, 1.54) is 25.7 Å². The Kier molecular flexibility index (Phi) is 4.70. The van der Waals surface area contributed by atoms with Gasteiger partial charge in [-0.3, -0.25) is 4.90 Å². The van der Waals surface area contributed by atoms with Gasteiger partial charge in [-0.05, 0) is 44.0 Å². The van der Waals surface area contributed by atoms with Crippen LogP contribution in [-0.2, 0) is 6.54 Å². The van der Waals surface area contributed by atoms with Crippen molar-refractivity contribution in [2.45, 2.75) is 45.2 Å². The Morgan fingerprint density at radius 1 is 1.32 bits per heavy atom. The lowest BCUT2D eigenvalue weighted by Gasteiger charge is -2.36. The van der Waals surface area contributed by atoms with Crippen molar-refractivity contribution in [1.82, 2.24) is 4.90 Å². The first kappa shape index (κ1) is 14.2. The van der Waals surface area contributed by atoms with Gasteiger partial charge in [-0.2, -0.15) is 0 Å². The zero-order valence-corrected chi connectivity index (χ0v) is 12.2. The third-order valence-corrected chi connectivity index (χ3v) is 4.34. The number of benzene rings is 1. The Morgan fingerprint density at radius 3 is 2.74 bits per heavy atom. The molecule has 19 heavy (non-hydrogen) atoms. The van der Waals surface area contributed by atoms with Crippen molar-refractivity contribution in [3.05, 3.63) is 23.8 Å². The monoisotopic (exact) mass is 263 g/mol. The molecule has 106 valence electrons. The van der Waals surface area contributed by atoms with E-state index in [1.54, 1.807) is 19.2 Å². The molecule has 1 aliphatic carbocycles. The van der Waals surface area contributed by atoms with Crippen LogP contribution in [0.2, 0.25) is 0 Å². The van der Waals surface area contributed by atoms with Gasteiger partial charge in [0.05, 0.1) is 7.11 Å². The number of aromatic hydroxyl groups is 1. The van der Waals surface area contributed by atoms with Gasteiger partial charge in [0.25, 0.3) is 0 Å². The van der Waals surface area contributed by atoms with Crippen molar-refractivity contribution < 1.29 is 9.84 Å². The Bertz CT molecular complexity index is 419. The summed E-state index contributed by atoms with van der Waals surface area (Å²) in [7, 11) is 3.81. The van der Waals surface area contributed by atoms with Crippen LogP contribution in [0.3, 0.4) is 0 Å². The second kappa shape index (κ2) is 6.29. The number of hydrogen-bond acceptors (Lipinski definition) is 3. The molecule has 3 nitrogen and oxygen atoms in total. The van der Waals surface area contributed by atoms with Crippen molar-refractivity contribution in [2.75, 3.05) is 14.2 Å². The van der Waals surface area contributed by atoms with E-state index in [0.717, 1.165) is 23.8 Å². The van der Waals surface area contributed by atoms with Crippen molar-refractivity contribution >= 4 is 0 Å². The molecule has 1 aromatic rings. The summed E-state index contributed by atoms with van der Waals surface area (Å²) in [5.74, 6) is 1.90. The van der Waals surface area contributed by atoms with Crippen LogP contribution in [0.1, 0.15) is 38.2 Å². The van der Waals surface area contributed by atoms with Crippen molar-refractivity contribution in [3.8, 4) is 11.5 Å². The SMILES string of the molecule is COc1ccc(O)c(CN(C)C2CCCCC2C)c1. The van der Waals surface area contributed by atoms with Gasteiger partial charge in [-0.15, -0.1) is 0 Å². The number of phenolic OH excluding ortho intramolecular Hbond substituents is 1. The molecule has 2 rings (SSSR count). The van der Waals surface area contributed by atoms with E-state index in [0.29, 0.717) is 11.8 Å². The van der Waals surface area contributed by atoms with Crippen LogP contribution in [0.4, 0.5) is 0 Å². The number of hydrogen-bond donors (Lipinski definition) is 1. The highest BCUT2D eigenvalue weighted by atomic mass is 16.5. The maximum Gasteiger partial charge on any atom is 0.120 e. The molecular weight excluding hydrogens is 238 g/mol. The lowest BCUT2D eigenvalue weighted by Crippen LogP contribution is -2.38. The topological polar surface area (TPSA) is 32.7 Å². The molecule has 1 saturated carbocycles. The summed E-state index contributed by atoms with van der Waals surface area (Å²) in [6, 6.07) is 6.06. The van der Waals surface area contributed by atoms with Gasteiger partial charge in [-0.25, -0.2) is 0 Å². The Labute approximate surface area is 116 Å². The molecule has 0 heterocycles. The van der Waals surface area contributed by atoms with Crippen LogP contribution in [0.15, 0.2) is 18.2 Å². The van der Waals surface area contributed by atoms with Gasteiger partial charge in [0.15, 0.2) is 0 Å². The molecule has 1 N–H and O–H groups in total. The minimum absolute atomic E-state index is 0.358. The fraction of sp³-hybridized carbons (Fsp3) is 0.625. The number of ether oxygens (including phenoxy) is 1. The Balaban J connectivity index is 2.07. The highest BCUT2D eigenvalue weighted by Crippen LogP contribution is 2.30. The molecule has 0 radical (unpaired) electrons. The first-order valence-corrected chi connectivity index (χ1v) is 7.18. The lowest BCUT2D eigenvalue weighted by atomic mass is 9.85. The van der Waals surface area contributed by atoms with Gasteiger partial charge < -0.3 is 9.84 Å². The van der Waals surface area contributed by atoms with E-state index in [-0.39, 0.29) is 0 Å². The van der Waals surface area contributed by atoms with E-state index >= 15 is 0 Å². The average molecular weight is 263 g/mol. The summed E-state index contributed by atoms with van der Waals surface area (Å²) < 4.78 is 5.23. The first-order chi connectivity index (χ1) is 9.11. The van der Waals surface area contributed by atoms with Crippen LogP contribution >= 0.6 is 0 Å². The van der Waals surface area contributed by atoms with Crippen LogP contribution < -0.4 is 4.74 Å². The van der Waals surface area contributed by atoms with E-state index in [2.05, 4.69) is 18.9 Å². The highest BCUT2D eigenvalue weighted by Gasteiger charge is 2.25. The molecule has 0 amide bonds. The average Bonchev–Trinajstić information content (AvgIpc) is 2.41. The lowest BCUT2D eigenvalue weighted by molar-refractivity contribution is 0.132. The molecule has 1 fully saturated rings. The maximum atomic E-state index is 9.96. The zero-order valence-electron chi connectivity index (χ0n) is 12.2. The fourth-order valence-corrected chi connectivity index (χ4v) is 3.15. The predicted octanol–water partition coefficient (Wildman–Crippen LogP) is 3.41. The number of methoxy groups -OCH3 is 1. The van der Waals surface area contributed by atoms with Gasteiger partial charge in [0.2, 0.25) is 0 Å². The van der Waals surface area contributed by atoms with Crippen molar-refractivity contribution in [1.29, 1.82) is 0 Å². The summed E-state index contributed by atoms with van der Waals surface area (Å²) in [6.45, 7) is 3.11. The van der Waals surface area contributed by atoms with Crippen LogP contribution in [-0.4, -0.2) is 30.2 Å². The molecule has 1 aromatic carbocycles. The van der Waals surface area contributed by atoms with Crippen LogP contribution in [0.5, 0.6) is 11.5 Å². The smallest absolute Gasteiger partial charge is 0.120 e. The Hall–Kier alpha value is -1.22. The molecule has 0 saturated heterocycles. The standard InChI is InChI=1S/C16H25NO2/c1-12-6-4-5-7-15(12)17(2)11-13-10-14(19-3)8-9-16(13)18/h8-10,12,15,18H,4-7,11H2,1-3H3. The number of phenols is 1. The second-order valence-corrected chi connectivity index (χ2v) is 5.74. The van der Waals surface area contributed by atoms with E-state index in [4.69, 9.17) is 4.74 Å². The second-order valence-electron chi connectivity index (χ2n) is 5.74. The molecule has 0 spiro atoms. The predicted molar refractivity (Wildman–Crippen MR) is 77.5 cm³/mol. The summed E-state index contributed by atoms with van der Waals surface area (Å²) in [5, 5.41) is 9.96. The van der Waals surface area contributed by atoms with Crippen molar-refractivity contribution in [3.63, 3.8) is 0 Å². The summed E-state index contributed by atoms with van der Waals surface area (Å²) in [6.07, 6.45) is 5.26. The van der Waals surface area contributed by atoms with Gasteiger partial charge in [0.1, 0.15) is 11.5 Å². The highest BCUT2D eigenvalue weighted by molar-refractivity contribution is 5.39. The molecule has 3 heteroatoms. The third kappa shape index (κ3) is 3.41. The Morgan fingerprint density at radius 2 is 2.05 bits per heavy atom. The minimum Gasteiger partial charge on any atom is -0.508 e. The zero-order chi connectivity index (χ0) is 13.8. The van der Waals surface area contributed by atoms with Crippen LogP contribution in [0, 0.1) is 5.92 Å². The van der Waals surface area contributed by atoms with E-state index < -0.39 is 0 Å². The summed E-state index contributed by atoms with van der Waals surface area (Å²) in [4.78, 5) is 2.37. The fourth-order valence-electron chi connectivity index (χ4n) is 3.15. The number of nitrogens with zero attached hydrogens (tertiary/aromatic N) is 1. The largest absolute Gasteiger partial charge is 0.508 e. The molecule has 0 aromatic heterocycles. The van der Waals surface area contributed by atoms with Crippen molar-refractivity contribution in [2.24, 2.45) is 5.92 Å². The molecular formula is C16H25NO2. The summed E-state index contributed by atoms with van der Waals surface area (Å²) >= 11 is 0. The van der Waals surface area contributed by atoms with E-state index in [1.807, 2.05) is 6.07 Å². The maximum absolute atomic E-state index is 9.96. The summed E-state index contributed by atoms with van der Waals surface area (Å²) in [5.41, 5.74) is 0.944. The van der Waals surface area contributed by atoms with E-state index in [9.17, 15) is 5.11 Å². The minimum atomic E-state index is 0.358. The van der Waals surface area contributed by atoms with Gasteiger partial charge in [-0.1, -0.05) is 19.8 Å². The molecule has 1 aliphatic rings. The van der Waals surface area contributed by atoms with Gasteiger partial charge in [0, 0.05) is 18.2 Å². The van der Waals surface area contributed by atoms with Gasteiger partial charge >= 0.3 is 0 Å². The normalized spacial score (nSPS) is 23.6. The molecule has 0 bridgehead atoms. The molecule has 2 unspecified atom stereocenters. The number of rotatable bonds is 4. The molecule has 2 atom stereocenters.